The van der Waals surface area contributed by atoms with Crippen molar-refractivity contribution >= 4 is 0 Å². The molecule has 0 spiro atoms. The summed E-state index contributed by atoms with van der Waals surface area (Å²) in [6.45, 7) is 3.74. The molecule has 0 unspecified atom stereocenters. The first-order valence-corrected chi connectivity index (χ1v) is 6.64. The molecule has 1 aliphatic rings. The van der Waals surface area contributed by atoms with E-state index in [9.17, 15) is 13.2 Å². The summed E-state index contributed by atoms with van der Waals surface area (Å²) in [5.74, 6) is -3.83. The zero-order valence-corrected chi connectivity index (χ0v) is 10.9. The van der Waals surface area contributed by atoms with Crippen molar-refractivity contribution in [3.63, 3.8) is 0 Å². The van der Waals surface area contributed by atoms with E-state index in [1.54, 1.807) is 0 Å². The summed E-state index contributed by atoms with van der Waals surface area (Å²) in [4.78, 5) is 0. The summed E-state index contributed by atoms with van der Waals surface area (Å²) in [6, 6.07) is 2.04. The minimum atomic E-state index is -1.47. The second-order valence-electron chi connectivity index (χ2n) is 4.87. The average molecular weight is 273 g/mol. The van der Waals surface area contributed by atoms with Crippen LogP contribution >= 0.6 is 0 Å². The van der Waals surface area contributed by atoms with Gasteiger partial charge in [-0.2, -0.15) is 4.39 Å². The number of rotatable bonds is 5. The topological polar surface area (TPSA) is 21.3 Å². The van der Waals surface area contributed by atoms with Gasteiger partial charge < -0.3 is 10.1 Å². The smallest absolute Gasteiger partial charge is 0.203 e. The van der Waals surface area contributed by atoms with Gasteiger partial charge in [-0.15, -0.1) is 0 Å². The van der Waals surface area contributed by atoms with Gasteiger partial charge in [-0.05, 0) is 31.5 Å². The fourth-order valence-corrected chi connectivity index (χ4v) is 2.43. The van der Waals surface area contributed by atoms with E-state index in [4.69, 9.17) is 4.74 Å². The van der Waals surface area contributed by atoms with Crippen molar-refractivity contribution in [2.45, 2.75) is 32.3 Å². The summed E-state index contributed by atoms with van der Waals surface area (Å²) < 4.78 is 45.2. The Morgan fingerprint density at radius 1 is 1.32 bits per heavy atom. The molecule has 2 rings (SSSR count). The van der Waals surface area contributed by atoms with E-state index in [0.717, 1.165) is 44.5 Å². The van der Waals surface area contributed by atoms with Gasteiger partial charge in [-0.1, -0.05) is 13.3 Å². The number of hydrogen-bond donors (Lipinski definition) is 1. The van der Waals surface area contributed by atoms with Gasteiger partial charge >= 0.3 is 0 Å². The molecule has 1 aromatic rings. The SMILES string of the molecule is CCC[C@H](Oc1ccc(F)c(F)c1F)[C@H]1CCNC1. The highest BCUT2D eigenvalue weighted by molar-refractivity contribution is 5.26. The first kappa shape index (κ1) is 14.2. The Morgan fingerprint density at radius 2 is 2.11 bits per heavy atom. The lowest BCUT2D eigenvalue weighted by atomic mass is 9.97. The summed E-state index contributed by atoms with van der Waals surface area (Å²) in [6.07, 6.45) is 2.45. The van der Waals surface area contributed by atoms with E-state index in [2.05, 4.69) is 5.32 Å². The quantitative estimate of drug-likeness (QED) is 0.831. The molecule has 1 heterocycles. The van der Waals surface area contributed by atoms with Gasteiger partial charge in [-0.25, -0.2) is 8.78 Å². The Hall–Kier alpha value is -1.23. The Morgan fingerprint density at radius 3 is 2.74 bits per heavy atom. The molecule has 0 amide bonds. The second kappa shape index (κ2) is 6.28. The predicted octanol–water partition coefficient (Wildman–Crippen LogP) is 3.26. The fraction of sp³-hybridized carbons (Fsp3) is 0.571. The molecule has 1 aliphatic heterocycles. The maximum Gasteiger partial charge on any atom is 0.203 e. The van der Waals surface area contributed by atoms with Gasteiger partial charge in [0.2, 0.25) is 5.82 Å². The van der Waals surface area contributed by atoms with E-state index in [-0.39, 0.29) is 17.8 Å². The fourth-order valence-electron chi connectivity index (χ4n) is 2.43. The maximum atomic E-state index is 13.6. The number of benzene rings is 1. The third-order valence-electron chi connectivity index (χ3n) is 3.48. The molecular weight excluding hydrogens is 255 g/mol. The van der Waals surface area contributed by atoms with Gasteiger partial charge in [-0.3, -0.25) is 0 Å². The molecule has 0 saturated carbocycles. The molecule has 1 aromatic carbocycles. The first-order chi connectivity index (χ1) is 9.13. The van der Waals surface area contributed by atoms with Crippen LogP contribution in [0.5, 0.6) is 5.75 Å². The van der Waals surface area contributed by atoms with Crippen molar-refractivity contribution in [1.29, 1.82) is 0 Å². The molecule has 1 saturated heterocycles. The largest absolute Gasteiger partial charge is 0.487 e. The third kappa shape index (κ3) is 3.21. The molecule has 1 N–H and O–H groups in total. The Labute approximate surface area is 111 Å². The number of halogens is 3. The zero-order chi connectivity index (χ0) is 13.8. The van der Waals surface area contributed by atoms with Crippen molar-refractivity contribution < 1.29 is 17.9 Å². The van der Waals surface area contributed by atoms with Crippen LogP contribution in [0, 0.1) is 23.4 Å². The highest BCUT2D eigenvalue weighted by Crippen LogP contribution is 2.27. The van der Waals surface area contributed by atoms with E-state index >= 15 is 0 Å². The van der Waals surface area contributed by atoms with Crippen LogP contribution in [0.25, 0.3) is 0 Å². The van der Waals surface area contributed by atoms with E-state index in [1.165, 1.54) is 0 Å². The molecule has 5 heteroatoms. The van der Waals surface area contributed by atoms with Crippen molar-refractivity contribution in [1.82, 2.24) is 5.32 Å². The normalized spacial score (nSPS) is 20.5. The Bertz CT molecular complexity index is 433. The summed E-state index contributed by atoms with van der Waals surface area (Å²) >= 11 is 0. The average Bonchev–Trinajstić information content (AvgIpc) is 2.92. The van der Waals surface area contributed by atoms with Crippen LogP contribution in [0.15, 0.2) is 12.1 Å². The van der Waals surface area contributed by atoms with Crippen LogP contribution < -0.4 is 10.1 Å². The van der Waals surface area contributed by atoms with E-state index in [0.29, 0.717) is 0 Å². The molecule has 1 fully saturated rings. The summed E-state index contributed by atoms with van der Waals surface area (Å²) in [5.41, 5.74) is 0. The van der Waals surface area contributed by atoms with Gasteiger partial charge in [0.25, 0.3) is 0 Å². The van der Waals surface area contributed by atoms with Crippen molar-refractivity contribution in [3.8, 4) is 5.75 Å². The maximum absolute atomic E-state index is 13.6. The number of hydrogen-bond acceptors (Lipinski definition) is 2. The monoisotopic (exact) mass is 273 g/mol. The molecule has 106 valence electrons. The lowest BCUT2D eigenvalue weighted by Gasteiger charge is -2.24. The van der Waals surface area contributed by atoms with E-state index in [1.807, 2.05) is 6.92 Å². The van der Waals surface area contributed by atoms with Crippen LogP contribution in [-0.4, -0.2) is 19.2 Å². The molecule has 0 aromatic heterocycles. The predicted molar refractivity (Wildman–Crippen MR) is 66.6 cm³/mol. The molecule has 0 aliphatic carbocycles. The molecule has 0 radical (unpaired) electrons. The van der Waals surface area contributed by atoms with Crippen LogP contribution in [0.2, 0.25) is 0 Å². The lowest BCUT2D eigenvalue weighted by Crippen LogP contribution is -2.29. The zero-order valence-electron chi connectivity index (χ0n) is 10.9. The lowest BCUT2D eigenvalue weighted by molar-refractivity contribution is 0.125. The standard InChI is InChI=1S/C14H18F3NO/c1-2-3-11(9-6-7-18-8-9)19-12-5-4-10(15)13(16)14(12)17/h4-5,9,11,18H,2-3,6-8H2,1H3/t9-,11-/m0/s1. The number of nitrogens with one attached hydrogen (secondary N) is 1. The third-order valence-corrected chi connectivity index (χ3v) is 3.48. The van der Waals surface area contributed by atoms with Gasteiger partial charge in [0.15, 0.2) is 17.4 Å². The highest BCUT2D eigenvalue weighted by Gasteiger charge is 2.27. The highest BCUT2D eigenvalue weighted by atomic mass is 19.2. The minimum absolute atomic E-state index is 0.167. The van der Waals surface area contributed by atoms with Gasteiger partial charge in [0, 0.05) is 12.5 Å². The van der Waals surface area contributed by atoms with E-state index < -0.39 is 17.5 Å². The molecule has 19 heavy (non-hydrogen) atoms. The van der Waals surface area contributed by atoms with Crippen molar-refractivity contribution in [3.05, 3.63) is 29.6 Å². The second-order valence-corrected chi connectivity index (χ2v) is 4.87. The minimum Gasteiger partial charge on any atom is -0.487 e. The van der Waals surface area contributed by atoms with Crippen LogP contribution in [-0.2, 0) is 0 Å². The van der Waals surface area contributed by atoms with Crippen molar-refractivity contribution in [2.75, 3.05) is 13.1 Å². The molecule has 0 bridgehead atoms. The van der Waals surface area contributed by atoms with Crippen LogP contribution in [0.3, 0.4) is 0 Å². The summed E-state index contributed by atoms with van der Waals surface area (Å²) in [5, 5.41) is 3.22. The number of ether oxygens (including phenoxy) is 1. The van der Waals surface area contributed by atoms with Crippen LogP contribution in [0.4, 0.5) is 13.2 Å². The molecule has 2 nitrogen and oxygen atoms in total. The van der Waals surface area contributed by atoms with Gasteiger partial charge in [0.05, 0.1) is 0 Å². The van der Waals surface area contributed by atoms with Gasteiger partial charge in [0.1, 0.15) is 6.10 Å². The Kier molecular flexibility index (Phi) is 4.69. The first-order valence-electron chi connectivity index (χ1n) is 6.64. The van der Waals surface area contributed by atoms with Crippen LogP contribution in [0.1, 0.15) is 26.2 Å². The Balaban J connectivity index is 2.14. The molecular formula is C14H18F3NO. The van der Waals surface area contributed by atoms with Crippen molar-refractivity contribution in [2.24, 2.45) is 5.92 Å². The summed E-state index contributed by atoms with van der Waals surface area (Å²) in [7, 11) is 0. The molecule has 2 atom stereocenters.